The summed E-state index contributed by atoms with van der Waals surface area (Å²) in [6, 6.07) is 13.4. The zero-order valence-corrected chi connectivity index (χ0v) is 23.1. The molecule has 1 amide bonds. The van der Waals surface area contributed by atoms with E-state index in [9.17, 15) is 18.0 Å². The molecule has 0 aliphatic carbocycles. The van der Waals surface area contributed by atoms with E-state index >= 15 is 0 Å². The molecular formula is C24H26N4O6S3. The molecule has 37 heavy (non-hydrogen) atoms. The minimum Gasteiger partial charge on any atom is -0.476 e. The standard InChI is InChI=1S/C24H26N4O6S3/c1-24(2,3)15-10-11-18-17(12-15)28(37(31,32)16-8-6-5-7-9-16)13-19(34-18)21(30)25-22-26-27-23(36-22)35-14-20(29)33-4/h5-12,19H,13-14H2,1-4H3,(H,25,26,30). The molecular weight excluding hydrogens is 536 g/mol. The van der Waals surface area contributed by atoms with Crippen molar-refractivity contribution >= 4 is 55.8 Å². The van der Waals surface area contributed by atoms with Crippen molar-refractivity contribution < 1.29 is 27.5 Å². The highest BCUT2D eigenvalue weighted by atomic mass is 32.2. The van der Waals surface area contributed by atoms with Crippen molar-refractivity contribution in [3.05, 3.63) is 54.1 Å². The van der Waals surface area contributed by atoms with Gasteiger partial charge in [0, 0.05) is 0 Å². The molecule has 13 heteroatoms. The molecule has 0 saturated heterocycles. The quantitative estimate of drug-likeness (QED) is 0.260. The number of esters is 1. The first-order valence-electron chi connectivity index (χ1n) is 11.2. The van der Waals surface area contributed by atoms with Gasteiger partial charge in [-0.3, -0.25) is 19.2 Å². The van der Waals surface area contributed by atoms with Crippen LogP contribution in [0.25, 0.3) is 0 Å². The summed E-state index contributed by atoms with van der Waals surface area (Å²) in [5.41, 5.74) is 1.07. The molecule has 2 heterocycles. The maximum absolute atomic E-state index is 13.7. The molecule has 1 N–H and O–H groups in total. The molecule has 196 valence electrons. The lowest BCUT2D eigenvalue weighted by atomic mass is 9.86. The van der Waals surface area contributed by atoms with Crippen molar-refractivity contribution in [3.63, 3.8) is 0 Å². The second kappa shape index (κ2) is 10.7. The van der Waals surface area contributed by atoms with E-state index in [0.29, 0.717) is 10.0 Å². The molecule has 3 aromatic rings. The van der Waals surface area contributed by atoms with Crippen LogP contribution < -0.4 is 14.4 Å². The van der Waals surface area contributed by atoms with Crippen molar-refractivity contribution in [1.82, 2.24) is 10.2 Å². The van der Waals surface area contributed by atoms with Gasteiger partial charge < -0.3 is 9.47 Å². The lowest BCUT2D eigenvalue weighted by Crippen LogP contribution is -2.49. The summed E-state index contributed by atoms with van der Waals surface area (Å²) < 4.78 is 39.6. The number of aromatic nitrogens is 2. The number of carbonyl (C=O) groups excluding carboxylic acids is 2. The Labute approximate surface area is 223 Å². The van der Waals surface area contributed by atoms with Crippen LogP contribution in [0.4, 0.5) is 10.8 Å². The Kier molecular flexibility index (Phi) is 7.76. The lowest BCUT2D eigenvalue weighted by molar-refractivity contribution is -0.137. The molecule has 1 atom stereocenters. The third-order valence-electron chi connectivity index (χ3n) is 5.50. The Morgan fingerprint density at radius 2 is 1.92 bits per heavy atom. The average Bonchev–Trinajstić information content (AvgIpc) is 3.33. The van der Waals surface area contributed by atoms with Crippen molar-refractivity contribution in [3.8, 4) is 5.75 Å². The van der Waals surface area contributed by atoms with Gasteiger partial charge in [-0.1, -0.05) is 68.1 Å². The van der Waals surface area contributed by atoms with Crippen molar-refractivity contribution in [2.24, 2.45) is 0 Å². The summed E-state index contributed by atoms with van der Waals surface area (Å²) in [7, 11) is -2.70. The highest BCUT2D eigenvalue weighted by molar-refractivity contribution is 8.01. The van der Waals surface area contributed by atoms with E-state index < -0.39 is 28.0 Å². The fourth-order valence-corrected chi connectivity index (χ4v) is 6.56. The van der Waals surface area contributed by atoms with Crippen LogP contribution in [0.2, 0.25) is 0 Å². The number of carbonyl (C=O) groups is 2. The molecule has 2 aromatic carbocycles. The topological polar surface area (TPSA) is 128 Å². The Morgan fingerprint density at radius 1 is 1.19 bits per heavy atom. The number of hydrogen-bond acceptors (Lipinski definition) is 10. The first-order valence-corrected chi connectivity index (χ1v) is 14.5. The first-order chi connectivity index (χ1) is 17.5. The number of nitrogens with one attached hydrogen (secondary N) is 1. The number of benzene rings is 2. The summed E-state index contributed by atoms with van der Waals surface area (Å²) in [6.45, 7) is 5.87. The fraction of sp³-hybridized carbons (Fsp3) is 0.333. The molecule has 1 unspecified atom stereocenters. The summed E-state index contributed by atoms with van der Waals surface area (Å²) in [4.78, 5) is 24.6. The summed E-state index contributed by atoms with van der Waals surface area (Å²) >= 11 is 2.22. The second-order valence-electron chi connectivity index (χ2n) is 9.12. The number of rotatable bonds is 7. The van der Waals surface area contributed by atoms with Gasteiger partial charge in [0.1, 0.15) is 5.75 Å². The Balaban J connectivity index is 1.61. The van der Waals surface area contributed by atoms with Crippen molar-refractivity contribution in [2.75, 3.05) is 29.0 Å². The smallest absolute Gasteiger partial charge is 0.316 e. The zero-order valence-electron chi connectivity index (χ0n) is 20.6. The highest BCUT2D eigenvalue weighted by Crippen LogP contribution is 2.40. The number of anilines is 2. The summed E-state index contributed by atoms with van der Waals surface area (Å²) in [6.07, 6.45) is -1.14. The number of amides is 1. The van der Waals surface area contributed by atoms with E-state index in [1.54, 1.807) is 30.3 Å². The monoisotopic (exact) mass is 562 g/mol. The number of thioether (sulfide) groups is 1. The SMILES string of the molecule is COC(=O)CSc1nnc(NC(=O)C2CN(S(=O)(=O)c3ccccc3)c3cc(C(C)(C)C)ccc3O2)s1. The molecule has 4 rings (SSSR count). The third kappa shape index (κ3) is 6.05. The van der Waals surface area contributed by atoms with Crippen LogP contribution >= 0.6 is 23.1 Å². The van der Waals surface area contributed by atoms with Crippen LogP contribution in [-0.2, 0) is 29.8 Å². The summed E-state index contributed by atoms with van der Waals surface area (Å²) in [5, 5.41) is 10.7. The number of fused-ring (bicyclic) bond motifs is 1. The zero-order chi connectivity index (χ0) is 26.8. The van der Waals surface area contributed by atoms with Gasteiger partial charge in [0.15, 0.2) is 10.4 Å². The molecule has 0 spiro atoms. The highest BCUT2D eigenvalue weighted by Gasteiger charge is 2.38. The Hall–Kier alpha value is -3.16. The maximum Gasteiger partial charge on any atom is 0.316 e. The molecule has 1 aliphatic rings. The number of ether oxygens (including phenoxy) is 2. The van der Waals surface area contributed by atoms with E-state index in [1.165, 1.54) is 23.5 Å². The van der Waals surface area contributed by atoms with E-state index in [2.05, 4.69) is 20.3 Å². The van der Waals surface area contributed by atoms with E-state index in [4.69, 9.17) is 4.74 Å². The van der Waals surface area contributed by atoms with Crippen molar-refractivity contribution in [1.29, 1.82) is 0 Å². The van der Waals surface area contributed by atoms with Gasteiger partial charge in [0.25, 0.3) is 15.9 Å². The van der Waals surface area contributed by atoms with Gasteiger partial charge in [-0.2, -0.15) is 0 Å². The van der Waals surface area contributed by atoms with Gasteiger partial charge in [-0.05, 0) is 35.2 Å². The van der Waals surface area contributed by atoms with Crippen LogP contribution in [-0.4, -0.2) is 56.0 Å². The molecule has 0 fully saturated rings. The van der Waals surface area contributed by atoms with Gasteiger partial charge in [-0.25, -0.2) is 8.42 Å². The molecule has 1 aromatic heterocycles. The average molecular weight is 563 g/mol. The second-order valence-corrected chi connectivity index (χ2v) is 13.2. The Morgan fingerprint density at radius 3 is 2.59 bits per heavy atom. The number of methoxy groups -OCH3 is 1. The number of sulfonamides is 1. The van der Waals surface area contributed by atoms with E-state index in [0.717, 1.165) is 28.7 Å². The van der Waals surface area contributed by atoms with Crippen LogP contribution in [0.5, 0.6) is 5.75 Å². The summed E-state index contributed by atoms with van der Waals surface area (Å²) in [5.74, 6) is -0.635. The third-order valence-corrected chi connectivity index (χ3v) is 9.24. The van der Waals surface area contributed by atoms with Gasteiger partial charge in [-0.15, -0.1) is 10.2 Å². The fourth-order valence-electron chi connectivity index (χ4n) is 3.49. The largest absolute Gasteiger partial charge is 0.476 e. The molecule has 1 aliphatic heterocycles. The predicted octanol–water partition coefficient (Wildman–Crippen LogP) is 3.70. The van der Waals surface area contributed by atoms with Gasteiger partial charge in [0.2, 0.25) is 5.13 Å². The minimum atomic E-state index is -3.99. The number of nitrogens with zero attached hydrogens (tertiary/aromatic N) is 3. The van der Waals surface area contributed by atoms with Crippen molar-refractivity contribution in [2.45, 2.75) is 41.5 Å². The normalized spacial score (nSPS) is 15.5. The first kappa shape index (κ1) is 26.9. The van der Waals surface area contributed by atoms with Crippen LogP contribution in [0.3, 0.4) is 0 Å². The molecule has 10 nitrogen and oxygen atoms in total. The maximum atomic E-state index is 13.7. The lowest BCUT2D eigenvalue weighted by Gasteiger charge is -2.35. The molecule has 0 bridgehead atoms. The minimum absolute atomic E-state index is 0.0600. The van der Waals surface area contributed by atoms with Crippen LogP contribution in [0, 0.1) is 0 Å². The Bertz CT molecular complexity index is 1400. The number of hydrogen-bond donors (Lipinski definition) is 1. The van der Waals surface area contributed by atoms with Gasteiger partial charge >= 0.3 is 5.97 Å². The molecule has 0 saturated carbocycles. The van der Waals surface area contributed by atoms with E-state index in [-0.39, 0.29) is 33.5 Å². The van der Waals surface area contributed by atoms with Crippen LogP contribution in [0.15, 0.2) is 57.8 Å². The van der Waals surface area contributed by atoms with Crippen LogP contribution in [0.1, 0.15) is 26.3 Å². The molecule has 0 radical (unpaired) electrons. The predicted molar refractivity (Wildman–Crippen MR) is 142 cm³/mol. The van der Waals surface area contributed by atoms with E-state index in [1.807, 2.05) is 26.8 Å². The van der Waals surface area contributed by atoms with Gasteiger partial charge in [0.05, 0.1) is 30.0 Å².